The lowest BCUT2D eigenvalue weighted by atomic mass is 10.2. The Kier molecular flexibility index (Phi) is 6.42. The summed E-state index contributed by atoms with van der Waals surface area (Å²) in [6, 6.07) is 11.3. The van der Waals surface area contributed by atoms with Crippen LogP contribution in [0.5, 0.6) is 0 Å². The molecule has 182 valence electrons. The van der Waals surface area contributed by atoms with Crippen LogP contribution in [0, 0.1) is 0 Å². The van der Waals surface area contributed by atoms with Gasteiger partial charge in [0.2, 0.25) is 11.9 Å². The molecule has 10 nitrogen and oxygen atoms in total. The second-order valence-corrected chi connectivity index (χ2v) is 8.57. The summed E-state index contributed by atoms with van der Waals surface area (Å²) in [5.74, 6) is 0.0180. The molecule has 0 spiro atoms. The van der Waals surface area contributed by atoms with Crippen molar-refractivity contribution in [2.45, 2.75) is 0 Å². The summed E-state index contributed by atoms with van der Waals surface area (Å²) in [7, 11) is 2.14. The van der Waals surface area contributed by atoms with Gasteiger partial charge in [0.15, 0.2) is 11.1 Å². The molecule has 10 heteroatoms. The van der Waals surface area contributed by atoms with E-state index in [4.69, 9.17) is 0 Å². The van der Waals surface area contributed by atoms with Crippen LogP contribution in [0.3, 0.4) is 0 Å². The summed E-state index contributed by atoms with van der Waals surface area (Å²) >= 11 is 0. The minimum absolute atomic E-state index is 0.187. The van der Waals surface area contributed by atoms with E-state index in [0.29, 0.717) is 28.4 Å². The van der Waals surface area contributed by atoms with Gasteiger partial charge in [0.25, 0.3) is 0 Å². The summed E-state index contributed by atoms with van der Waals surface area (Å²) in [4.78, 5) is 42.1. The molecule has 1 saturated heterocycles. The number of nitrogens with zero attached hydrogens (tertiary/aromatic N) is 6. The summed E-state index contributed by atoms with van der Waals surface area (Å²) in [5, 5.41) is 6.29. The van der Waals surface area contributed by atoms with Crippen LogP contribution >= 0.6 is 0 Å². The molecule has 1 aromatic carbocycles. The number of piperazine rings is 1. The second kappa shape index (κ2) is 9.96. The quantitative estimate of drug-likeness (QED) is 0.404. The Morgan fingerprint density at radius 1 is 1.00 bits per heavy atom. The molecule has 1 fully saturated rings. The largest absolute Gasteiger partial charge is 0.369 e. The summed E-state index contributed by atoms with van der Waals surface area (Å²) in [6.07, 6.45) is 7.48. The van der Waals surface area contributed by atoms with Crippen molar-refractivity contribution in [3.63, 3.8) is 0 Å². The standard InChI is InChI=1S/C26H26N8O2/c1-3-24(36)29-19-14-21(16-27-15-19)34-9-8-23(35)22-17-28-26(31-25(22)34)30-18-4-6-20(7-5-18)33-12-10-32(2)11-13-33/h3-9,14-17H,1,10-13H2,2H3,(H,29,36)(H,28,30,31). The van der Waals surface area contributed by atoms with E-state index in [9.17, 15) is 9.59 Å². The van der Waals surface area contributed by atoms with Gasteiger partial charge in [-0.25, -0.2) is 4.98 Å². The SMILES string of the molecule is C=CC(=O)Nc1cncc(-n2ccc(=O)c3cnc(Nc4ccc(N5CCN(C)CC5)cc4)nc32)c1. The molecule has 1 amide bonds. The van der Waals surface area contributed by atoms with E-state index in [1.54, 1.807) is 23.0 Å². The number of fused-ring (bicyclic) bond motifs is 1. The van der Waals surface area contributed by atoms with Crippen LogP contribution in [0.4, 0.5) is 23.0 Å². The third kappa shape index (κ3) is 4.93. The zero-order valence-corrected chi connectivity index (χ0v) is 19.9. The van der Waals surface area contributed by atoms with Gasteiger partial charge in [0.05, 0.1) is 29.2 Å². The van der Waals surface area contributed by atoms with Gasteiger partial charge in [-0.3, -0.25) is 19.1 Å². The van der Waals surface area contributed by atoms with Gasteiger partial charge >= 0.3 is 0 Å². The van der Waals surface area contributed by atoms with Crippen molar-refractivity contribution in [2.24, 2.45) is 0 Å². The molecule has 36 heavy (non-hydrogen) atoms. The molecule has 0 saturated carbocycles. The lowest BCUT2D eigenvalue weighted by Crippen LogP contribution is -2.44. The molecule has 0 radical (unpaired) electrons. The molecular weight excluding hydrogens is 456 g/mol. The van der Waals surface area contributed by atoms with Crippen molar-refractivity contribution >= 4 is 40.0 Å². The Labute approximate surface area is 207 Å². The van der Waals surface area contributed by atoms with E-state index in [1.165, 1.54) is 30.2 Å². The Morgan fingerprint density at radius 2 is 1.78 bits per heavy atom. The van der Waals surface area contributed by atoms with Gasteiger partial charge in [-0.15, -0.1) is 0 Å². The Morgan fingerprint density at radius 3 is 2.53 bits per heavy atom. The topological polar surface area (TPSA) is 108 Å². The second-order valence-electron chi connectivity index (χ2n) is 8.57. The monoisotopic (exact) mass is 482 g/mol. The fourth-order valence-corrected chi connectivity index (χ4v) is 4.07. The molecule has 4 aromatic rings. The normalized spacial score (nSPS) is 14.0. The predicted octanol–water partition coefficient (Wildman–Crippen LogP) is 2.80. The number of hydrogen-bond acceptors (Lipinski definition) is 8. The molecule has 0 atom stereocenters. The Hall–Kier alpha value is -4.57. The van der Waals surface area contributed by atoms with E-state index >= 15 is 0 Å². The summed E-state index contributed by atoms with van der Waals surface area (Å²) in [6.45, 7) is 7.56. The number of aromatic nitrogens is 4. The molecule has 1 aliphatic rings. The lowest BCUT2D eigenvalue weighted by Gasteiger charge is -2.34. The highest BCUT2D eigenvalue weighted by molar-refractivity contribution is 5.98. The van der Waals surface area contributed by atoms with E-state index in [2.05, 4.69) is 61.1 Å². The molecule has 2 N–H and O–H groups in total. The van der Waals surface area contributed by atoms with Crippen LogP contribution < -0.4 is 21.0 Å². The van der Waals surface area contributed by atoms with Gasteiger partial charge in [-0.05, 0) is 43.5 Å². The first-order valence-electron chi connectivity index (χ1n) is 11.6. The van der Waals surface area contributed by atoms with Gasteiger partial charge in [-0.1, -0.05) is 6.58 Å². The summed E-state index contributed by atoms with van der Waals surface area (Å²) < 4.78 is 1.73. The molecule has 3 aromatic heterocycles. The number of anilines is 4. The highest BCUT2D eigenvalue weighted by Gasteiger charge is 2.14. The van der Waals surface area contributed by atoms with Crippen molar-refractivity contribution in [3.8, 4) is 5.69 Å². The molecule has 0 bridgehead atoms. The minimum Gasteiger partial charge on any atom is -0.369 e. The number of hydrogen-bond donors (Lipinski definition) is 2. The minimum atomic E-state index is -0.342. The number of pyridine rings is 2. The maximum absolute atomic E-state index is 12.5. The molecule has 1 aliphatic heterocycles. The van der Waals surface area contributed by atoms with Gasteiger partial charge in [-0.2, -0.15) is 4.98 Å². The fourth-order valence-electron chi connectivity index (χ4n) is 4.07. The Bertz CT molecular complexity index is 1470. The number of benzene rings is 1. The van der Waals surface area contributed by atoms with Crippen molar-refractivity contribution < 1.29 is 4.79 Å². The maximum Gasteiger partial charge on any atom is 0.247 e. The number of nitrogens with one attached hydrogen (secondary N) is 2. The van der Waals surface area contributed by atoms with Crippen molar-refractivity contribution in [1.82, 2.24) is 24.4 Å². The molecule has 5 rings (SSSR count). The average Bonchev–Trinajstić information content (AvgIpc) is 2.90. The molecule has 0 aliphatic carbocycles. The number of amides is 1. The van der Waals surface area contributed by atoms with Crippen LogP contribution in [0.2, 0.25) is 0 Å². The predicted molar refractivity (Wildman–Crippen MR) is 141 cm³/mol. The average molecular weight is 483 g/mol. The van der Waals surface area contributed by atoms with E-state index in [1.807, 2.05) is 12.1 Å². The summed E-state index contributed by atoms with van der Waals surface area (Å²) in [5.41, 5.74) is 3.38. The maximum atomic E-state index is 12.5. The van der Waals surface area contributed by atoms with Crippen LogP contribution in [-0.4, -0.2) is 63.6 Å². The number of carbonyl (C=O) groups is 1. The van der Waals surface area contributed by atoms with Crippen LogP contribution in [0.25, 0.3) is 16.7 Å². The number of likely N-dealkylation sites (N-methyl/N-ethyl adjacent to an activating group) is 1. The van der Waals surface area contributed by atoms with Gasteiger partial charge < -0.3 is 20.4 Å². The van der Waals surface area contributed by atoms with E-state index < -0.39 is 0 Å². The smallest absolute Gasteiger partial charge is 0.247 e. The van der Waals surface area contributed by atoms with Crippen molar-refractivity contribution in [3.05, 3.63) is 84.1 Å². The first-order chi connectivity index (χ1) is 17.5. The highest BCUT2D eigenvalue weighted by atomic mass is 16.1. The first kappa shape index (κ1) is 23.2. The zero-order chi connectivity index (χ0) is 25.1. The van der Waals surface area contributed by atoms with E-state index in [-0.39, 0.29) is 11.3 Å². The Balaban J connectivity index is 1.43. The zero-order valence-electron chi connectivity index (χ0n) is 19.9. The van der Waals surface area contributed by atoms with Crippen LogP contribution in [0.15, 0.2) is 78.6 Å². The fraction of sp³-hybridized carbons (Fsp3) is 0.192. The lowest BCUT2D eigenvalue weighted by molar-refractivity contribution is -0.111. The van der Waals surface area contributed by atoms with Crippen LogP contribution in [-0.2, 0) is 4.79 Å². The molecular formula is C26H26N8O2. The number of rotatable bonds is 6. The molecule has 0 unspecified atom stereocenters. The molecule has 4 heterocycles. The van der Waals surface area contributed by atoms with Crippen molar-refractivity contribution in [1.29, 1.82) is 0 Å². The highest BCUT2D eigenvalue weighted by Crippen LogP contribution is 2.22. The first-order valence-corrected chi connectivity index (χ1v) is 11.6. The third-order valence-corrected chi connectivity index (χ3v) is 6.08. The van der Waals surface area contributed by atoms with Crippen LogP contribution in [0.1, 0.15) is 0 Å². The number of carbonyl (C=O) groups excluding carboxylic acids is 1. The van der Waals surface area contributed by atoms with Gasteiger partial charge in [0.1, 0.15) is 0 Å². The van der Waals surface area contributed by atoms with Crippen molar-refractivity contribution in [2.75, 3.05) is 48.8 Å². The third-order valence-electron chi connectivity index (χ3n) is 6.08. The van der Waals surface area contributed by atoms with Gasteiger partial charge in [0, 0.05) is 56.0 Å². The van der Waals surface area contributed by atoms with E-state index in [0.717, 1.165) is 31.9 Å².